The smallest absolute Gasteiger partial charge is 0.410 e. The highest BCUT2D eigenvalue weighted by Gasteiger charge is 2.24. The molecule has 0 radical (unpaired) electrons. The number of carbonyl (C=O) groups is 1. The molecule has 7 nitrogen and oxygen atoms in total. The van der Waals surface area contributed by atoms with E-state index in [-0.39, 0.29) is 6.09 Å². The summed E-state index contributed by atoms with van der Waals surface area (Å²) in [5, 5.41) is 4.03. The van der Waals surface area contributed by atoms with Crippen LogP contribution < -0.4 is 9.57 Å². The van der Waals surface area contributed by atoms with E-state index >= 15 is 0 Å². The second-order valence-corrected chi connectivity index (χ2v) is 7.97. The summed E-state index contributed by atoms with van der Waals surface area (Å²) in [6.07, 6.45) is 8.60. The van der Waals surface area contributed by atoms with Crippen molar-refractivity contribution in [2.24, 2.45) is 5.92 Å². The maximum atomic E-state index is 12.5. The molecule has 162 valence electrons. The Labute approximate surface area is 182 Å². The molecule has 4 rings (SSSR count). The monoisotopic (exact) mass is 420 g/mol. The number of hydrogen-bond donors (Lipinski definition) is 0. The number of likely N-dealkylation sites (tertiary alicyclic amines) is 1. The molecule has 0 spiro atoms. The summed E-state index contributed by atoms with van der Waals surface area (Å²) in [4.78, 5) is 25.8. The second-order valence-electron chi connectivity index (χ2n) is 7.97. The Hall–Kier alpha value is -3.35. The van der Waals surface area contributed by atoms with Crippen LogP contribution in [-0.2, 0) is 12.8 Å². The van der Waals surface area contributed by atoms with Gasteiger partial charge in [-0.25, -0.2) is 4.79 Å². The number of carbonyl (C=O) groups excluding carboxylic acids is 1. The molecule has 3 aromatic rings. The number of amides is 1. The number of ether oxygens (including phenoxy) is 1. The van der Waals surface area contributed by atoms with Gasteiger partial charge in [-0.3, -0.25) is 4.98 Å². The third kappa shape index (κ3) is 6.07. The molecule has 7 heteroatoms. The number of benzene rings is 1. The lowest BCUT2D eigenvalue weighted by molar-refractivity contribution is 0.0366. The topological polar surface area (TPSA) is 69.5 Å². The number of pyridine rings is 1. The van der Waals surface area contributed by atoms with Crippen LogP contribution in [-0.4, -0.2) is 45.6 Å². The molecule has 31 heavy (non-hydrogen) atoms. The average molecular weight is 421 g/mol. The Morgan fingerprint density at radius 2 is 1.90 bits per heavy atom. The fourth-order valence-electron chi connectivity index (χ4n) is 3.69. The summed E-state index contributed by atoms with van der Waals surface area (Å²) in [6, 6.07) is 13.7. The highest BCUT2D eigenvalue weighted by molar-refractivity contribution is 5.70. The molecule has 0 aliphatic carbocycles. The normalized spacial score (nSPS) is 14.4. The number of aryl methyl sites for hydroxylation is 3. The molecular formula is C24H28N4O3. The van der Waals surface area contributed by atoms with Crippen LogP contribution in [0.25, 0.3) is 0 Å². The Morgan fingerprint density at radius 1 is 1.10 bits per heavy atom. The van der Waals surface area contributed by atoms with Gasteiger partial charge in [0.1, 0.15) is 12.4 Å². The summed E-state index contributed by atoms with van der Waals surface area (Å²) < 4.78 is 5.57. The molecular weight excluding hydrogens is 392 g/mol. The second kappa shape index (κ2) is 10.1. The van der Waals surface area contributed by atoms with Crippen LogP contribution in [0, 0.1) is 12.8 Å². The molecule has 1 aliphatic rings. The zero-order chi connectivity index (χ0) is 21.5. The molecule has 1 aliphatic heterocycles. The Balaban J connectivity index is 1.20. The van der Waals surface area contributed by atoms with Gasteiger partial charge in [0.2, 0.25) is 0 Å². The molecule has 0 bridgehead atoms. The van der Waals surface area contributed by atoms with Crippen molar-refractivity contribution in [2.45, 2.75) is 32.6 Å². The molecule has 1 saturated heterocycles. The predicted octanol–water partition coefficient (Wildman–Crippen LogP) is 3.71. The van der Waals surface area contributed by atoms with Gasteiger partial charge in [0.25, 0.3) is 0 Å². The molecule has 1 aromatic carbocycles. The SMILES string of the molecule is Cc1ccnc(CCc2ccc(OC(=O)N3CCC(COn4cccn4)CC3)cc2)c1. The van der Waals surface area contributed by atoms with E-state index < -0.39 is 0 Å². The van der Waals surface area contributed by atoms with E-state index in [1.54, 1.807) is 17.3 Å². The molecule has 1 fully saturated rings. The van der Waals surface area contributed by atoms with Gasteiger partial charge in [-0.2, -0.15) is 0 Å². The number of hydrogen-bond acceptors (Lipinski definition) is 5. The van der Waals surface area contributed by atoms with Crippen molar-refractivity contribution in [1.82, 2.24) is 19.8 Å². The van der Waals surface area contributed by atoms with Crippen LogP contribution in [0.4, 0.5) is 4.79 Å². The van der Waals surface area contributed by atoms with Gasteiger partial charge in [0.15, 0.2) is 0 Å². The van der Waals surface area contributed by atoms with Crippen molar-refractivity contribution < 1.29 is 14.4 Å². The van der Waals surface area contributed by atoms with Crippen LogP contribution in [0.5, 0.6) is 5.75 Å². The van der Waals surface area contributed by atoms with Gasteiger partial charge in [-0.15, -0.1) is 9.94 Å². The lowest BCUT2D eigenvalue weighted by atomic mass is 9.98. The van der Waals surface area contributed by atoms with E-state index in [9.17, 15) is 4.79 Å². The summed E-state index contributed by atoms with van der Waals surface area (Å²) in [5.74, 6) is 0.988. The summed E-state index contributed by atoms with van der Waals surface area (Å²) >= 11 is 0. The van der Waals surface area contributed by atoms with Crippen molar-refractivity contribution in [3.8, 4) is 5.75 Å². The highest BCUT2D eigenvalue weighted by atomic mass is 16.7. The number of aromatic nitrogens is 3. The minimum absolute atomic E-state index is 0.289. The zero-order valence-corrected chi connectivity index (χ0v) is 17.8. The van der Waals surface area contributed by atoms with E-state index in [4.69, 9.17) is 9.57 Å². The number of nitrogens with zero attached hydrogens (tertiary/aromatic N) is 4. The Kier molecular flexibility index (Phi) is 6.82. The van der Waals surface area contributed by atoms with E-state index in [1.807, 2.05) is 42.6 Å². The molecule has 3 heterocycles. The minimum Gasteiger partial charge on any atom is -0.410 e. The fraction of sp³-hybridized carbons (Fsp3) is 0.375. The number of piperidine rings is 1. The third-order valence-electron chi connectivity index (χ3n) is 5.57. The van der Waals surface area contributed by atoms with Gasteiger partial charge < -0.3 is 14.5 Å². The molecule has 0 N–H and O–H groups in total. The first kappa shape index (κ1) is 20.9. The van der Waals surface area contributed by atoms with Gasteiger partial charge in [0.05, 0.1) is 12.4 Å². The summed E-state index contributed by atoms with van der Waals surface area (Å²) in [7, 11) is 0. The largest absolute Gasteiger partial charge is 0.415 e. The van der Waals surface area contributed by atoms with Gasteiger partial charge in [0, 0.05) is 25.0 Å². The first-order chi connectivity index (χ1) is 15.2. The lowest BCUT2D eigenvalue weighted by Crippen LogP contribution is -2.41. The highest BCUT2D eigenvalue weighted by Crippen LogP contribution is 2.20. The van der Waals surface area contributed by atoms with Crippen molar-refractivity contribution in [1.29, 1.82) is 0 Å². The maximum absolute atomic E-state index is 12.5. The van der Waals surface area contributed by atoms with Crippen molar-refractivity contribution in [2.75, 3.05) is 19.7 Å². The van der Waals surface area contributed by atoms with Gasteiger partial charge >= 0.3 is 6.09 Å². The van der Waals surface area contributed by atoms with E-state index in [0.717, 1.165) is 31.4 Å². The molecule has 1 amide bonds. The molecule has 0 unspecified atom stereocenters. The fourth-order valence-corrected chi connectivity index (χ4v) is 3.69. The van der Waals surface area contributed by atoms with Crippen molar-refractivity contribution in [3.63, 3.8) is 0 Å². The maximum Gasteiger partial charge on any atom is 0.415 e. The van der Waals surface area contributed by atoms with Crippen molar-refractivity contribution in [3.05, 3.63) is 77.9 Å². The van der Waals surface area contributed by atoms with Crippen molar-refractivity contribution >= 4 is 6.09 Å². The van der Waals surface area contributed by atoms with Gasteiger partial charge in [-0.05, 0) is 80.0 Å². The average Bonchev–Trinajstić information content (AvgIpc) is 3.31. The van der Waals surface area contributed by atoms with Crippen LogP contribution in [0.1, 0.15) is 29.7 Å². The standard InChI is InChI=1S/C24H28N4O3/c1-19-9-13-25-22(17-19)6-3-20-4-7-23(8-5-20)31-24(29)27-15-10-21(11-16-27)18-30-28-14-2-12-26-28/h2,4-5,7-9,12-14,17,21H,3,6,10-11,15-16,18H2,1H3. The third-order valence-corrected chi connectivity index (χ3v) is 5.57. The lowest BCUT2D eigenvalue weighted by Gasteiger charge is -2.30. The van der Waals surface area contributed by atoms with Crippen LogP contribution in [0.15, 0.2) is 61.1 Å². The number of rotatable bonds is 7. The Morgan fingerprint density at radius 3 is 2.61 bits per heavy atom. The van der Waals surface area contributed by atoms with Crippen LogP contribution in [0.3, 0.4) is 0 Å². The van der Waals surface area contributed by atoms with Gasteiger partial charge in [-0.1, -0.05) is 12.1 Å². The molecule has 2 aromatic heterocycles. The summed E-state index contributed by atoms with van der Waals surface area (Å²) in [5.41, 5.74) is 3.51. The first-order valence-electron chi connectivity index (χ1n) is 10.8. The van der Waals surface area contributed by atoms with Crippen LogP contribution >= 0.6 is 0 Å². The molecule has 0 atom stereocenters. The van der Waals surface area contributed by atoms with E-state index in [1.165, 1.54) is 16.0 Å². The molecule has 0 saturated carbocycles. The minimum atomic E-state index is -0.289. The predicted molar refractivity (Wildman–Crippen MR) is 117 cm³/mol. The van der Waals surface area contributed by atoms with E-state index in [2.05, 4.69) is 23.1 Å². The van der Waals surface area contributed by atoms with Crippen LogP contribution in [0.2, 0.25) is 0 Å². The zero-order valence-electron chi connectivity index (χ0n) is 17.8. The summed E-state index contributed by atoms with van der Waals surface area (Å²) in [6.45, 7) is 4.02. The Bertz CT molecular complexity index is 965. The quantitative estimate of drug-likeness (QED) is 0.583. The van der Waals surface area contributed by atoms with E-state index in [0.29, 0.717) is 31.4 Å². The first-order valence-corrected chi connectivity index (χ1v) is 10.8.